The topological polar surface area (TPSA) is 55.4 Å². The fourth-order valence-corrected chi connectivity index (χ4v) is 2.55. The first kappa shape index (κ1) is 18.3. The van der Waals surface area contributed by atoms with Crippen molar-refractivity contribution in [1.82, 2.24) is 0 Å². The lowest BCUT2D eigenvalue weighted by Crippen LogP contribution is -2.25. The van der Waals surface area contributed by atoms with Crippen LogP contribution in [0.5, 0.6) is 5.75 Å². The van der Waals surface area contributed by atoms with Crippen LogP contribution in [0.25, 0.3) is 0 Å². The standard InChI is InChI=1S/C22H18FNO3/c1-15(25)16-7-13-20(14-8-16)27-21(17-5-3-2-4-6-17)22(26)24-19-11-9-18(23)10-12-19/h2-14,21H,1H3,(H,24,26)/t21-/m1/s1. The van der Waals surface area contributed by atoms with Gasteiger partial charge in [0.1, 0.15) is 11.6 Å². The number of Topliss-reactive ketones (excluding diaryl/α,β-unsaturated/α-hetero) is 1. The molecular weight excluding hydrogens is 345 g/mol. The number of hydrogen-bond donors (Lipinski definition) is 1. The highest BCUT2D eigenvalue weighted by Crippen LogP contribution is 2.24. The van der Waals surface area contributed by atoms with Crippen molar-refractivity contribution in [2.75, 3.05) is 5.32 Å². The molecule has 0 aliphatic carbocycles. The Morgan fingerprint density at radius 2 is 1.52 bits per heavy atom. The van der Waals surface area contributed by atoms with Crippen molar-refractivity contribution >= 4 is 17.4 Å². The molecule has 0 aliphatic heterocycles. The Kier molecular flexibility index (Phi) is 5.61. The number of anilines is 1. The summed E-state index contributed by atoms with van der Waals surface area (Å²) in [6.45, 7) is 1.48. The number of hydrogen-bond acceptors (Lipinski definition) is 3. The van der Waals surface area contributed by atoms with Gasteiger partial charge in [-0.1, -0.05) is 30.3 Å². The van der Waals surface area contributed by atoms with Gasteiger partial charge in [-0.15, -0.1) is 0 Å². The van der Waals surface area contributed by atoms with Crippen LogP contribution in [0.4, 0.5) is 10.1 Å². The van der Waals surface area contributed by atoms with Crippen LogP contribution in [0.2, 0.25) is 0 Å². The van der Waals surface area contributed by atoms with Gasteiger partial charge in [0.25, 0.3) is 5.91 Å². The number of ether oxygens (including phenoxy) is 1. The summed E-state index contributed by atoms with van der Waals surface area (Å²) in [7, 11) is 0. The van der Waals surface area contributed by atoms with Crippen molar-refractivity contribution in [2.24, 2.45) is 0 Å². The van der Waals surface area contributed by atoms with Gasteiger partial charge in [0.15, 0.2) is 5.78 Å². The minimum absolute atomic E-state index is 0.0461. The van der Waals surface area contributed by atoms with E-state index in [-0.39, 0.29) is 17.5 Å². The van der Waals surface area contributed by atoms with Gasteiger partial charge < -0.3 is 10.1 Å². The maximum absolute atomic E-state index is 13.1. The van der Waals surface area contributed by atoms with Gasteiger partial charge in [0.05, 0.1) is 0 Å². The van der Waals surface area contributed by atoms with E-state index in [1.165, 1.54) is 31.2 Å². The highest BCUT2D eigenvalue weighted by atomic mass is 19.1. The molecule has 3 aromatic carbocycles. The third kappa shape index (κ3) is 4.79. The van der Waals surface area contributed by atoms with Crippen LogP contribution >= 0.6 is 0 Å². The number of benzene rings is 3. The van der Waals surface area contributed by atoms with E-state index >= 15 is 0 Å². The summed E-state index contributed by atoms with van der Waals surface area (Å²) in [6, 6.07) is 21.2. The van der Waals surface area contributed by atoms with Gasteiger partial charge in [-0.05, 0) is 55.5 Å². The number of rotatable bonds is 6. The van der Waals surface area contributed by atoms with E-state index < -0.39 is 6.10 Å². The lowest BCUT2D eigenvalue weighted by atomic mass is 10.1. The zero-order chi connectivity index (χ0) is 19.2. The molecule has 5 heteroatoms. The number of amides is 1. The Labute approximate surface area is 156 Å². The summed E-state index contributed by atoms with van der Waals surface area (Å²) in [5.41, 5.74) is 1.71. The molecule has 0 heterocycles. The third-order valence-electron chi connectivity index (χ3n) is 3.97. The summed E-state index contributed by atoms with van der Waals surface area (Å²) < 4.78 is 19.0. The first-order chi connectivity index (χ1) is 13.0. The van der Waals surface area contributed by atoms with E-state index in [1.807, 2.05) is 18.2 Å². The van der Waals surface area contributed by atoms with E-state index in [9.17, 15) is 14.0 Å². The van der Waals surface area contributed by atoms with E-state index in [0.29, 0.717) is 22.6 Å². The van der Waals surface area contributed by atoms with Gasteiger partial charge >= 0.3 is 0 Å². The third-order valence-corrected chi connectivity index (χ3v) is 3.97. The number of carbonyl (C=O) groups excluding carboxylic acids is 2. The van der Waals surface area contributed by atoms with E-state index in [2.05, 4.69) is 5.32 Å². The Morgan fingerprint density at radius 3 is 2.11 bits per heavy atom. The molecule has 4 nitrogen and oxygen atoms in total. The Morgan fingerprint density at radius 1 is 0.889 bits per heavy atom. The van der Waals surface area contributed by atoms with Crippen molar-refractivity contribution in [2.45, 2.75) is 13.0 Å². The molecule has 0 radical (unpaired) electrons. The van der Waals surface area contributed by atoms with Crippen molar-refractivity contribution in [3.05, 3.63) is 95.8 Å². The largest absolute Gasteiger partial charge is 0.476 e. The molecule has 1 atom stereocenters. The molecule has 0 aromatic heterocycles. The maximum atomic E-state index is 13.1. The summed E-state index contributed by atoms with van der Waals surface area (Å²) >= 11 is 0. The minimum atomic E-state index is -0.903. The Bertz CT molecular complexity index is 922. The van der Waals surface area contributed by atoms with Gasteiger partial charge in [-0.3, -0.25) is 9.59 Å². The van der Waals surface area contributed by atoms with Gasteiger partial charge in [0.2, 0.25) is 6.10 Å². The zero-order valence-electron chi connectivity index (χ0n) is 14.7. The fraction of sp³-hybridized carbons (Fsp3) is 0.0909. The van der Waals surface area contributed by atoms with Crippen molar-refractivity contribution in [3.8, 4) is 5.75 Å². The second-order valence-electron chi connectivity index (χ2n) is 5.99. The molecule has 0 saturated carbocycles. The average molecular weight is 363 g/mol. The molecule has 0 spiro atoms. The summed E-state index contributed by atoms with van der Waals surface area (Å²) in [4.78, 5) is 24.2. The normalized spacial score (nSPS) is 11.5. The molecule has 0 fully saturated rings. The first-order valence-electron chi connectivity index (χ1n) is 8.42. The molecule has 3 aromatic rings. The molecular formula is C22H18FNO3. The molecule has 27 heavy (non-hydrogen) atoms. The number of halogens is 1. The Hall–Kier alpha value is -3.47. The smallest absolute Gasteiger partial charge is 0.270 e. The zero-order valence-corrected chi connectivity index (χ0v) is 14.7. The lowest BCUT2D eigenvalue weighted by molar-refractivity contribution is -0.123. The fourth-order valence-electron chi connectivity index (χ4n) is 2.55. The number of nitrogens with one attached hydrogen (secondary N) is 1. The number of carbonyl (C=O) groups is 2. The predicted molar refractivity (Wildman–Crippen MR) is 101 cm³/mol. The van der Waals surface area contributed by atoms with Crippen LogP contribution in [0.3, 0.4) is 0 Å². The molecule has 136 valence electrons. The second kappa shape index (κ2) is 8.27. The van der Waals surface area contributed by atoms with E-state index in [0.717, 1.165) is 0 Å². The Balaban J connectivity index is 1.83. The lowest BCUT2D eigenvalue weighted by Gasteiger charge is -2.19. The molecule has 0 unspecified atom stereocenters. The molecule has 1 amide bonds. The maximum Gasteiger partial charge on any atom is 0.270 e. The molecule has 3 rings (SSSR count). The average Bonchev–Trinajstić information content (AvgIpc) is 2.69. The van der Waals surface area contributed by atoms with Crippen LogP contribution in [-0.2, 0) is 4.79 Å². The number of ketones is 1. The minimum Gasteiger partial charge on any atom is -0.476 e. The molecule has 0 bridgehead atoms. The van der Waals surface area contributed by atoms with Crippen molar-refractivity contribution in [1.29, 1.82) is 0 Å². The van der Waals surface area contributed by atoms with Crippen LogP contribution in [0.15, 0.2) is 78.9 Å². The molecule has 0 saturated heterocycles. The highest BCUT2D eigenvalue weighted by Gasteiger charge is 2.23. The van der Waals surface area contributed by atoms with Crippen LogP contribution in [0, 0.1) is 5.82 Å². The summed E-state index contributed by atoms with van der Waals surface area (Å²) in [5.74, 6) is -0.351. The van der Waals surface area contributed by atoms with E-state index in [4.69, 9.17) is 4.74 Å². The quantitative estimate of drug-likeness (QED) is 0.641. The van der Waals surface area contributed by atoms with E-state index in [1.54, 1.807) is 36.4 Å². The van der Waals surface area contributed by atoms with Crippen LogP contribution < -0.4 is 10.1 Å². The SMILES string of the molecule is CC(=O)c1ccc(O[C@@H](C(=O)Nc2ccc(F)cc2)c2ccccc2)cc1. The molecule has 0 aliphatic rings. The van der Waals surface area contributed by atoms with Crippen LogP contribution in [-0.4, -0.2) is 11.7 Å². The highest BCUT2D eigenvalue weighted by molar-refractivity contribution is 5.95. The molecule has 1 N–H and O–H groups in total. The summed E-state index contributed by atoms with van der Waals surface area (Å²) in [6.07, 6.45) is -0.903. The second-order valence-corrected chi connectivity index (χ2v) is 5.99. The summed E-state index contributed by atoms with van der Waals surface area (Å²) in [5, 5.41) is 2.73. The van der Waals surface area contributed by atoms with Crippen LogP contribution in [0.1, 0.15) is 28.9 Å². The van der Waals surface area contributed by atoms with Gasteiger partial charge in [0, 0.05) is 16.8 Å². The van der Waals surface area contributed by atoms with Gasteiger partial charge in [-0.2, -0.15) is 0 Å². The van der Waals surface area contributed by atoms with Crippen molar-refractivity contribution < 1.29 is 18.7 Å². The van der Waals surface area contributed by atoms with Gasteiger partial charge in [-0.25, -0.2) is 4.39 Å². The monoisotopic (exact) mass is 363 g/mol. The van der Waals surface area contributed by atoms with Crippen molar-refractivity contribution in [3.63, 3.8) is 0 Å². The predicted octanol–water partition coefficient (Wildman–Crippen LogP) is 4.79. The first-order valence-corrected chi connectivity index (χ1v) is 8.42.